The minimum atomic E-state index is -0.901. The van der Waals surface area contributed by atoms with Gasteiger partial charge in [0.1, 0.15) is 11.6 Å². The van der Waals surface area contributed by atoms with Crippen molar-refractivity contribution in [1.82, 2.24) is 19.4 Å². The first-order valence-corrected chi connectivity index (χ1v) is 9.43. The average molecular weight is 424 g/mol. The molecule has 0 aliphatic carbocycles. The fraction of sp³-hybridized carbons (Fsp3) is 0.238. The van der Waals surface area contributed by atoms with Crippen molar-refractivity contribution in [3.63, 3.8) is 0 Å². The van der Waals surface area contributed by atoms with Gasteiger partial charge in [0.15, 0.2) is 5.69 Å². The largest absolute Gasteiger partial charge is 0.481 e. The number of hydrogen-bond donors (Lipinski definition) is 1. The van der Waals surface area contributed by atoms with E-state index in [4.69, 9.17) is 17.0 Å². The minimum absolute atomic E-state index is 0.00624. The van der Waals surface area contributed by atoms with Crippen LogP contribution in [0.5, 0.6) is 5.88 Å². The maximum atomic E-state index is 15.5. The van der Waals surface area contributed by atoms with Gasteiger partial charge in [0.2, 0.25) is 17.5 Å². The van der Waals surface area contributed by atoms with Gasteiger partial charge in [0, 0.05) is 30.8 Å². The van der Waals surface area contributed by atoms with Crippen molar-refractivity contribution in [2.24, 2.45) is 5.73 Å². The van der Waals surface area contributed by atoms with Crippen LogP contribution < -0.4 is 10.5 Å². The summed E-state index contributed by atoms with van der Waals surface area (Å²) in [6.07, 6.45) is 1.98. The molecule has 1 amide bonds. The second-order valence-electron chi connectivity index (χ2n) is 7.05. The lowest BCUT2D eigenvalue weighted by atomic mass is 10.2. The maximum absolute atomic E-state index is 15.5. The number of nitrogens with two attached hydrogens (primary N) is 1. The van der Waals surface area contributed by atoms with Gasteiger partial charge >= 0.3 is 0 Å². The lowest BCUT2D eigenvalue weighted by molar-refractivity contribution is 0.0780. The molecule has 1 atom stereocenters. The van der Waals surface area contributed by atoms with Crippen LogP contribution in [0, 0.1) is 18.3 Å². The molecule has 0 radical (unpaired) electrons. The Hall–Kier alpha value is -3.84. The lowest BCUT2D eigenvalue weighted by Crippen LogP contribution is -2.32. The van der Waals surface area contributed by atoms with Crippen LogP contribution in [0.15, 0.2) is 36.5 Å². The third-order valence-corrected chi connectivity index (χ3v) is 5.05. The number of aromatic nitrogens is 3. The van der Waals surface area contributed by atoms with Gasteiger partial charge in [-0.05, 0) is 18.6 Å². The van der Waals surface area contributed by atoms with Crippen LogP contribution in [0.3, 0.4) is 0 Å². The third-order valence-electron chi connectivity index (χ3n) is 5.05. The first-order valence-electron chi connectivity index (χ1n) is 9.43. The quantitative estimate of drug-likeness (QED) is 0.651. The number of carbonyl (C=O) groups is 1. The van der Waals surface area contributed by atoms with E-state index in [0.717, 1.165) is 10.6 Å². The molecule has 0 saturated carbocycles. The number of pyridine rings is 1. The van der Waals surface area contributed by atoms with E-state index in [1.807, 2.05) is 0 Å². The summed E-state index contributed by atoms with van der Waals surface area (Å²) in [4.78, 5) is 25.7. The zero-order valence-corrected chi connectivity index (χ0v) is 16.5. The lowest BCUT2D eigenvalue weighted by Gasteiger charge is -2.14. The Kier molecular flexibility index (Phi) is 5.35. The predicted molar refractivity (Wildman–Crippen MR) is 108 cm³/mol. The number of amides is 1. The fourth-order valence-corrected chi connectivity index (χ4v) is 3.45. The molecule has 10 heteroatoms. The second-order valence-corrected chi connectivity index (χ2v) is 7.05. The molecular weight excluding hydrogens is 406 g/mol. The van der Waals surface area contributed by atoms with Gasteiger partial charge in [-0.2, -0.15) is 4.39 Å². The van der Waals surface area contributed by atoms with Crippen LogP contribution in [0.4, 0.5) is 14.5 Å². The monoisotopic (exact) mass is 424 g/mol. The van der Waals surface area contributed by atoms with Crippen molar-refractivity contribution in [3.8, 4) is 23.0 Å². The molecule has 1 aliphatic rings. The first kappa shape index (κ1) is 20.4. The zero-order chi connectivity index (χ0) is 22.1. The van der Waals surface area contributed by atoms with E-state index in [-0.39, 0.29) is 28.8 Å². The molecule has 1 aromatic carbocycles. The van der Waals surface area contributed by atoms with Gasteiger partial charge in [0.25, 0.3) is 5.91 Å². The Balaban J connectivity index is 1.86. The number of methoxy groups -OCH3 is 1. The first-order chi connectivity index (χ1) is 14.9. The van der Waals surface area contributed by atoms with Crippen molar-refractivity contribution >= 4 is 11.6 Å². The van der Waals surface area contributed by atoms with Crippen molar-refractivity contribution in [2.45, 2.75) is 12.5 Å². The number of ether oxygens (including phenoxy) is 1. The van der Waals surface area contributed by atoms with Gasteiger partial charge in [-0.3, -0.25) is 9.36 Å². The maximum Gasteiger partial charge on any atom is 0.277 e. The second kappa shape index (κ2) is 8.12. The Morgan fingerprint density at radius 3 is 2.71 bits per heavy atom. The van der Waals surface area contributed by atoms with Crippen molar-refractivity contribution < 1.29 is 18.3 Å². The van der Waals surface area contributed by atoms with Gasteiger partial charge in [-0.15, -0.1) is 0 Å². The van der Waals surface area contributed by atoms with Crippen molar-refractivity contribution in [1.29, 1.82) is 0 Å². The molecule has 4 rings (SSSR count). The number of nitrogens with zero attached hydrogens (tertiary/aromatic N) is 5. The summed E-state index contributed by atoms with van der Waals surface area (Å²) >= 11 is 0. The molecule has 8 nitrogen and oxygen atoms in total. The van der Waals surface area contributed by atoms with Crippen LogP contribution in [0.25, 0.3) is 21.9 Å². The van der Waals surface area contributed by atoms with Gasteiger partial charge in [-0.1, -0.05) is 12.1 Å². The van der Waals surface area contributed by atoms with Gasteiger partial charge < -0.3 is 15.4 Å². The molecule has 1 aliphatic heterocycles. The highest BCUT2D eigenvalue weighted by Gasteiger charge is 2.31. The number of imidazole rings is 1. The van der Waals surface area contributed by atoms with Crippen LogP contribution in [-0.2, 0) is 0 Å². The SMILES string of the molecule is [C-]#[N+]c1ccc(-c2nc(C(=O)N3CC[C@H](N)C3)c(F)n2-c2ccc(OC)nc2)cc1F. The number of halogens is 2. The number of rotatable bonds is 4. The summed E-state index contributed by atoms with van der Waals surface area (Å²) in [6, 6.07) is 6.72. The zero-order valence-electron chi connectivity index (χ0n) is 16.5. The molecule has 2 N–H and O–H groups in total. The van der Waals surface area contributed by atoms with E-state index in [1.54, 1.807) is 6.07 Å². The molecule has 1 fully saturated rings. The molecule has 0 spiro atoms. The normalized spacial score (nSPS) is 15.7. The Morgan fingerprint density at radius 1 is 1.32 bits per heavy atom. The average Bonchev–Trinajstić information content (AvgIpc) is 3.36. The highest BCUT2D eigenvalue weighted by atomic mass is 19.1. The number of likely N-dealkylation sites (tertiary alicyclic amines) is 1. The Labute approximate surface area is 176 Å². The van der Waals surface area contributed by atoms with Crippen LogP contribution in [0.2, 0.25) is 0 Å². The molecule has 1 saturated heterocycles. The molecule has 3 aromatic rings. The highest BCUT2D eigenvalue weighted by Crippen LogP contribution is 2.30. The number of carbonyl (C=O) groups excluding carboxylic acids is 1. The summed E-state index contributed by atoms with van der Waals surface area (Å²) in [5.74, 6) is -1.94. The van der Waals surface area contributed by atoms with E-state index in [2.05, 4.69) is 14.8 Å². The minimum Gasteiger partial charge on any atom is -0.481 e. The molecule has 0 unspecified atom stereocenters. The molecule has 3 heterocycles. The summed E-state index contributed by atoms with van der Waals surface area (Å²) in [5, 5.41) is 0. The fourth-order valence-electron chi connectivity index (χ4n) is 3.45. The molecule has 31 heavy (non-hydrogen) atoms. The Morgan fingerprint density at radius 2 is 2.13 bits per heavy atom. The van der Waals surface area contributed by atoms with E-state index < -0.39 is 23.4 Å². The van der Waals surface area contributed by atoms with Crippen molar-refractivity contribution in [3.05, 3.63) is 65.4 Å². The van der Waals surface area contributed by atoms with Crippen molar-refractivity contribution in [2.75, 3.05) is 20.2 Å². The van der Waals surface area contributed by atoms with E-state index in [9.17, 15) is 9.18 Å². The summed E-state index contributed by atoms with van der Waals surface area (Å²) < 4.78 is 35.9. The van der Waals surface area contributed by atoms with Crippen LogP contribution in [0.1, 0.15) is 16.9 Å². The number of benzene rings is 1. The van der Waals surface area contributed by atoms with Gasteiger partial charge in [0.05, 0.1) is 25.6 Å². The van der Waals surface area contributed by atoms with Gasteiger partial charge in [-0.25, -0.2) is 19.2 Å². The van der Waals surface area contributed by atoms with E-state index in [0.29, 0.717) is 25.4 Å². The Bertz CT molecular complexity index is 1190. The molecule has 158 valence electrons. The topological polar surface area (TPSA) is 90.6 Å². The summed E-state index contributed by atoms with van der Waals surface area (Å²) in [5.41, 5.74) is 5.78. The summed E-state index contributed by atoms with van der Waals surface area (Å²) in [6.45, 7) is 7.71. The third kappa shape index (κ3) is 3.71. The van der Waals surface area contributed by atoms with Crippen LogP contribution in [-0.4, -0.2) is 51.6 Å². The molecule has 2 aromatic heterocycles. The molecular formula is C21H18F2N6O2. The van der Waals surface area contributed by atoms with E-state index >= 15 is 4.39 Å². The van der Waals surface area contributed by atoms with Crippen LogP contribution >= 0.6 is 0 Å². The number of hydrogen-bond acceptors (Lipinski definition) is 5. The summed E-state index contributed by atoms with van der Waals surface area (Å²) in [7, 11) is 1.45. The highest BCUT2D eigenvalue weighted by molar-refractivity contribution is 5.93. The van der Waals surface area contributed by atoms with E-state index in [1.165, 1.54) is 36.4 Å². The molecule has 0 bridgehead atoms. The predicted octanol–water partition coefficient (Wildman–Crippen LogP) is 2.95. The smallest absolute Gasteiger partial charge is 0.277 e. The standard InChI is InChI=1S/C21H18F2N6O2/c1-25-16-5-3-12(9-15(16)22)20-27-18(21(30)28-8-7-13(24)11-28)19(23)29(20)14-4-6-17(31-2)26-10-14/h3-6,9-10,13H,7-8,11,24H2,2H3/t13-/m0/s1.